The second-order valence-electron chi connectivity index (χ2n) is 13.9. The third kappa shape index (κ3) is 4.33. The summed E-state index contributed by atoms with van der Waals surface area (Å²) < 4.78 is 6.94. The highest BCUT2D eigenvalue weighted by Gasteiger charge is 2.22. The number of nitriles is 1. The predicted octanol–water partition coefficient (Wildman–Crippen LogP) is 13.1. The van der Waals surface area contributed by atoms with Gasteiger partial charge in [0, 0.05) is 38.0 Å². The lowest BCUT2D eigenvalue weighted by molar-refractivity contribution is 1.17. The maximum absolute atomic E-state index is 10.1. The smallest absolute Gasteiger partial charge is 0.211 e. The Hall–Kier alpha value is -7.86. The first-order chi connectivity index (χ1) is 27.2. The van der Waals surface area contributed by atoms with Gasteiger partial charge in [0.2, 0.25) is 5.69 Å². The van der Waals surface area contributed by atoms with Crippen LogP contribution in [0.3, 0.4) is 0 Å². The van der Waals surface area contributed by atoms with Crippen molar-refractivity contribution < 1.29 is 0 Å². The van der Waals surface area contributed by atoms with Gasteiger partial charge in [0.05, 0.1) is 62.7 Å². The lowest BCUT2D eigenvalue weighted by Crippen LogP contribution is -1.99. The van der Waals surface area contributed by atoms with Crippen LogP contribution < -0.4 is 0 Å². The van der Waals surface area contributed by atoms with Crippen molar-refractivity contribution in [1.29, 1.82) is 5.26 Å². The molecule has 0 radical (unpaired) electrons. The van der Waals surface area contributed by atoms with E-state index in [4.69, 9.17) is 6.57 Å². The Morgan fingerprint density at radius 3 is 1.65 bits per heavy atom. The minimum Gasteiger partial charge on any atom is -0.318 e. The molecule has 0 aliphatic rings. The van der Waals surface area contributed by atoms with E-state index in [1.54, 1.807) is 0 Å². The molecule has 0 bridgehead atoms. The lowest BCUT2D eigenvalue weighted by atomic mass is 10.0. The third-order valence-corrected chi connectivity index (χ3v) is 11.1. The van der Waals surface area contributed by atoms with E-state index in [0.717, 1.165) is 61.0 Å². The first kappa shape index (κ1) is 30.7. The SMILES string of the molecule is [C-]#[N+]c1cccc(-c2cccc(-n3c4ccccc4c4c(-n5c6ccccc6c6ccccc65)cccc43)c2)c1-n1c2ccccc2c2c(C#N)cccc21. The van der Waals surface area contributed by atoms with E-state index in [0.29, 0.717) is 11.3 Å². The van der Waals surface area contributed by atoms with Gasteiger partial charge in [-0.05, 0) is 71.8 Å². The number of hydrogen-bond acceptors (Lipinski definition) is 1. The summed E-state index contributed by atoms with van der Waals surface area (Å²) in [6.07, 6.45) is 0. The molecule has 0 amide bonds. The highest BCUT2D eigenvalue weighted by molar-refractivity contribution is 6.17. The Morgan fingerprint density at radius 2 is 0.982 bits per heavy atom. The Kier molecular flexibility index (Phi) is 6.61. The Balaban J connectivity index is 1.18. The lowest BCUT2D eigenvalue weighted by Gasteiger charge is -2.17. The van der Waals surface area contributed by atoms with Crippen LogP contribution in [-0.2, 0) is 0 Å². The highest BCUT2D eigenvalue weighted by atomic mass is 15.0. The molecular weight excluding hydrogens is 671 g/mol. The van der Waals surface area contributed by atoms with Crippen molar-refractivity contribution in [2.45, 2.75) is 0 Å². The second-order valence-corrected chi connectivity index (χ2v) is 13.9. The standard InChI is InChI=1S/C50H29N5/c1-52-40-22-12-21-35(50(40)55-44-26-9-4-19-38(44)48-33(31-51)15-11-27-45(48)55)32-14-10-16-34(30-32)53-43-25-8-5-20-39(43)49-46(53)28-13-29-47(49)54-41-23-6-2-17-36(41)37-18-3-7-24-42(37)54/h2-30H. The molecule has 0 unspecified atom stereocenters. The molecule has 3 heterocycles. The molecule has 0 saturated carbocycles. The molecule has 0 atom stereocenters. The Labute approximate surface area is 316 Å². The van der Waals surface area contributed by atoms with E-state index < -0.39 is 0 Å². The molecule has 0 fully saturated rings. The fraction of sp³-hybridized carbons (Fsp3) is 0. The monoisotopic (exact) mass is 699 g/mol. The molecule has 254 valence electrons. The van der Waals surface area contributed by atoms with Crippen molar-refractivity contribution >= 4 is 71.1 Å². The van der Waals surface area contributed by atoms with Crippen molar-refractivity contribution in [3.05, 3.63) is 193 Å². The molecule has 5 heteroatoms. The van der Waals surface area contributed by atoms with E-state index in [1.807, 2.05) is 42.5 Å². The first-order valence-corrected chi connectivity index (χ1v) is 18.3. The molecule has 0 N–H and O–H groups in total. The van der Waals surface area contributed by atoms with Crippen molar-refractivity contribution in [3.8, 4) is 34.3 Å². The molecule has 11 aromatic rings. The summed E-state index contributed by atoms with van der Waals surface area (Å²) in [5.41, 5.74) is 12.5. The van der Waals surface area contributed by atoms with Crippen molar-refractivity contribution in [3.63, 3.8) is 0 Å². The molecule has 5 nitrogen and oxygen atoms in total. The number of benzene rings is 8. The molecule has 11 rings (SSSR count). The van der Waals surface area contributed by atoms with Crippen LogP contribution in [0, 0.1) is 17.9 Å². The summed E-state index contributed by atoms with van der Waals surface area (Å²) in [5, 5.41) is 16.8. The second kappa shape index (κ2) is 11.8. The zero-order valence-electron chi connectivity index (χ0n) is 29.5. The summed E-state index contributed by atoms with van der Waals surface area (Å²) in [6.45, 7) is 8.31. The van der Waals surface area contributed by atoms with Crippen molar-refractivity contribution in [2.75, 3.05) is 0 Å². The van der Waals surface area contributed by atoms with Crippen LogP contribution in [0.1, 0.15) is 5.56 Å². The first-order valence-electron chi connectivity index (χ1n) is 18.3. The predicted molar refractivity (Wildman–Crippen MR) is 226 cm³/mol. The van der Waals surface area contributed by atoms with Crippen LogP contribution in [0.2, 0.25) is 0 Å². The van der Waals surface area contributed by atoms with Gasteiger partial charge in [0.25, 0.3) is 0 Å². The van der Waals surface area contributed by atoms with Gasteiger partial charge in [0.1, 0.15) is 0 Å². The minimum atomic E-state index is 0.542. The third-order valence-electron chi connectivity index (χ3n) is 11.1. The summed E-state index contributed by atoms with van der Waals surface area (Å²) in [4.78, 5) is 4.06. The fourth-order valence-corrected chi connectivity index (χ4v) is 8.90. The molecule has 0 aliphatic carbocycles. The van der Waals surface area contributed by atoms with E-state index in [-0.39, 0.29) is 0 Å². The normalized spacial score (nSPS) is 11.6. The Bertz CT molecular complexity index is 3420. The minimum absolute atomic E-state index is 0.542. The summed E-state index contributed by atoms with van der Waals surface area (Å²) in [7, 11) is 0. The molecule has 3 aromatic heterocycles. The average Bonchev–Trinajstić information content (AvgIpc) is 3.89. The summed E-state index contributed by atoms with van der Waals surface area (Å²) >= 11 is 0. The van der Waals surface area contributed by atoms with Crippen LogP contribution in [0.25, 0.3) is 98.5 Å². The molecule has 0 saturated heterocycles. The summed E-state index contributed by atoms with van der Waals surface area (Å²) in [5.74, 6) is 0. The van der Waals surface area contributed by atoms with Gasteiger partial charge in [-0.3, -0.25) is 0 Å². The molecule has 0 aliphatic heterocycles. The van der Waals surface area contributed by atoms with E-state index >= 15 is 0 Å². The van der Waals surface area contributed by atoms with Crippen LogP contribution in [0.5, 0.6) is 0 Å². The van der Waals surface area contributed by atoms with Gasteiger partial charge in [0.15, 0.2) is 0 Å². The highest BCUT2D eigenvalue weighted by Crippen LogP contribution is 2.43. The average molecular weight is 700 g/mol. The zero-order valence-corrected chi connectivity index (χ0v) is 29.5. The molecule has 55 heavy (non-hydrogen) atoms. The molecular formula is C50H29N5. The number of fused-ring (bicyclic) bond motifs is 9. The number of para-hydroxylation sites is 5. The van der Waals surface area contributed by atoms with Gasteiger partial charge < -0.3 is 13.7 Å². The number of aromatic nitrogens is 3. The number of nitrogens with zero attached hydrogens (tertiary/aromatic N) is 5. The molecule has 0 spiro atoms. The van der Waals surface area contributed by atoms with Gasteiger partial charge >= 0.3 is 0 Å². The van der Waals surface area contributed by atoms with Crippen molar-refractivity contribution in [1.82, 2.24) is 13.7 Å². The van der Waals surface area contributed by atoms with Gasteiger partial charge in [-0.1, -0.05) is 115 Å². The van der Waals surface area contributed by atoms with E-state index in [9.17, 15) is 5.26 Å². The topological polar surface area (TPSA) is 42.9 Å². The molecule has 8 aromatic carbocycles. The largest absolute Gasteiger partial charge is 0.318 e. The van der Waals surface area contributed by atoms with Gasteiger partial charge in [-0.15, -0.1) is 0 Å². The zero-order chi connectivity index (χ0) is 36.6. The van der Waals surface area contributed by atoms with Crippen LogP contribution in [0.4, 0.5) is 5.69 Å². The maximum Gasteiger partial charge on any atom is 0.211 e. The van der Waals surface area contributed by atoms with Gasteiger partial charge in [-0.25, -0.2) is 4.85 Å². The van der Waals surface area contributed by atoms with Crippen LogP contribution in [0.15, 0.2) is 176 Å². The van der Waals surface area contributed by atoms with Crippen LogP contribution in [-0.4, -0.2) is 13.7 Å². The maximum atomic E-state index is 10.1. The Morgan fingerprint density at radius 1 is 0.455 bits per heavy atom. The van der Waals surface area contributed by atoms with E-state index in [1.165, 1.54) is 32.6 Å². The number of hydrogen-bond donors (Lipinski definition) is 0. The van der Waals surface area contributed by atoms with Crippen LogP contribution >= 0.6 is 0 Å². The van der Waals surface area contributed by atoms with E-state index in [2.05, 4.69) is 158 Å². The quantitative estimate of drug-likeness (QED) is 0.169. The number of rotatable bonds is 4. The fourth-order valence-electron chi connectivity index (χ4n) is 8.90. The van der Waals surface area contributed by atoms with Gasteiger partial charge in [-0.2, -0.15) is 5.26 Å². The summed E-state index contributed by atoms with van der Waals surface area (Å²) in [6, 6.07) is 63.6. The van der Waals surface area contributed by atoms with Crippen molar-refractivity contribution in [2.24, 2.45) is 0 Å².